The fourth-order valence-corrected chi connectivity index (χ4v) is 7.08. The zero-order chi connectivity index (χ0) is 26.5. The van der Waals surface area contributed by atoms with Crippen molar-refractivity contribution in [2.24, 2.45) is 0 Å². The Hall–Kier alpha value is -4.92. The minimum Gasteiger partial charge on any atom is -0.311 e. The third-order valence-electron chi connectivity index (χ3n) is 7.82. The highest BCUT2D eigenvalue weighted by Crippen LogP contribution is 2.42. The van der Waals surface area contributed by atoms with E-state index in [1.165, 1.54) is 52.8 Å². The van der Waals surface area contributed by atoms with Crippen molar-refractivity contribution in [1.29, 1.82) is 0 Å². The molecule has 0 fully saturated rings. The highest BCUT2D eigenvalue weighted by Gasteiger charge is 2.15. The summed E-state index contributed by atoms with van der Waals surface area (Å²) < 4.78 is 2.69. The van der Waals surface area contributed by atoms with Gasteiger partial charge >= 0.3 is 0 Å². The van der Waals surface area contributed by atoms with Gasteiger partial charge in [0, 0.05) is 37.2 Å². The van der Waals surface area contributed by atoms with Crippen LogP contribution in [-0.2, 0) is 0 Å². The Labute approximate surface area is 237 Å². The van der Waals surface area contributed by atoms with E-state index in [1.54, 1.807) is 0 Å². The molecule has 8 rings (SSSR count). The average molecular weight is 528 g/mol. The first-order valence-electron chi connectivity index (χ1n) is 13.6. The van der Waals surface area contributed by atoms with Gasteiger partial charge in [-0.2, -0.15) is 0 Å². The van der Waals surface area contributed by atoms with E-state index in [9.17, 15) is 0 Å². The molecule has 0 aliphatic heterocycles. The highest BCUT2D eigenvalue weighted by molar-refractivity contribution is 7.25. The fourth-order valence-electron chi connectivity index (χ4n) is 5.96. The highest BCUT2D eigenvalue weighted by atomic mass is 32.1. The first-order valence-corrected chi connectivity index (χ1v) is 14.4. The van der Waals surface area contributed by atoms with Crippen LogP contribution in [0.2, 0.25) is 0 Å². The molecule has 0 bridgehead atoms. The van der Waals surface area contributed by atoms with Crippen LogP contribution < -0.4 is 4.90 Å². The molecule has 8 aromatic rings. The number of para-hydroxylation sites is 2. The largest absolute Gasteiger partial charge is 0.311 e. The van der Waals surface area contributed by atoms with E-state index in [2.05, 4.69) is 157 Å². The first-order chi connectivity index (χ1) is 19.8. The van der Waals surface area contributed by atoms with E-state index in [0.717, 1.165) is 17.1 Å². The van der Waals surface area contributed by atoms with Crippen molar-refractivity contribution in [3.8, 4) is 11.1 Å². The molecule has 0 N–H and O–H groups in total. The molecule has 0 aliphatic rings. The molecular formula is C38H25NS. The molecule has 0 atom stereocenters. The Morgan fingerprint density at radius 1 is 0.375 bits per heavy atom. The van der Waals surface area contributed by atoms with Gasteiger partial charge in [-0.25, -0.2) is 0 Å². The summed E-state index contributed by atoms with van der Waals surface area (Å²) in [6.07, 6.45) is 0. The second kappa shape index (κ2) is 9.37. The summed E-state index contributed by atoms with van der Waals surface area (Å²) >= 11 is 1.88. The molecule has 0 unspecified atom stereocenters. The lowest BCUT2D eigenvalue weighted by Crippen LogP contribution is -2.09. The third kappa shape index (κ3) is 3.77. The van der Waals surface area contributed by atoms with Crippen molar-refractivity contribution in [3.05, 3.63) is 152 Å². The smallest absolute Gasteiger partial charge is 0.0462 e. The van der Waals surface area contributed by atoms with Crippen LogP contribution in [0.15, 0.2) is 152 Å². The van der Waals surface area contributed by atoms with Crippen LogP contribution >= 0.6 is 11.3 Å². The Bertz CT molecular complexity index is 2100. The number of nitrogens with zero attached hydrogens (tertiary/aromatic N) is 1. The van der Waals surface area contributed by atoms with Gasteiger partial charge in [-0.3, -0.25) is 0 Å². The molecule has 188 valence electrons. The van der Waals surface area contributed by atoms with E-state index in [1.807, 2.05) is 11.3 Å². The Morgan fingerprint density at radius 2 is 0.950 bits per heavy atom. The summed E-state index contributed by atoms with van der Waals surface area (Å²) in [4.78, 5) is 2.31. The monoisotopic (exact) mass is 527 g/mol. The summed E-state index contributed by atoms with van der Waals surface area (Å²) in [7, 11) is 0. The Kier molecular flexibility index (Phi) is 5.39. The van der Waals surface area contributed by atoms with Crippen molar-refractivity contribution in [1.82, 2.24) is 0 Å². The molecule has 7 aromatic carbocycles. The van der Waals surface area contributed by atoms with E-state index in [4.69, 9.17) is 0 Å². The minimum absolute atomic E-state index is 1.14. The van der Waals surface area contributed by atoms with E-state index >= 15 is 0 Å². The maximum Gasteiger partial charge on any atom is 0.0462 e. The van der Waals surface area contributed by atoms with Gasteiger partial charge in [0.05, 0.1) is 0 Å². The lowest BCUT2D eigenvalue weighted by Gasteiger charge is -2.25. The van der Waals surface area contributed by atoms with Crippen LogP contribution in [0.25, 0.3) is 52.8 Å². The van der Waals surface area contributed by atoms with Crippen LogP contribution in [0.3, 0.4) is 0 Å². The summed E-state index contributed by atoms with van der Waals surface area (Å²) in [5, 5.41) is 7.86. The number of anilines is 3. The standard InChI is InChI=1S/C38H25NS/c1-3-11-28(12-4-1)39(29-13-5-2-6-14-29)30-21-19-26(20-22-30)34-23-27-24-36-33-17-9-10-18-37(33)40-38(36)25-35(27)32-16-8-7-15-31(32)34/h1-25H. The number of hydrogen-bond acceptors (Lipinski definition) is 2. The van der Waals surface area contributed by atoms with E-state index < -0.39 is 0 Å². The van der Waals surface area contributed by atoms with Crippen molar-refractivity contribution < 1.29 is 0 Å². The molecule has 0 spiro atoms. The quantitative estimate of drug-likeness (QED) is 0.206. The summed E-state index contributed by atoms with van der Waals surface area (Å²) in [6.45, 7) is 0. The molecule has 0 saturated carbocycles. The van der Waals surface area contributed by atoms with Crippen LogP contribution in [-0.4, -0.2) is 0 Å². The van der Waals surface area contributed by atoms with Crippen molar-refractivity contribution >= 4 is 70.1 Å². The number of hydrogen-bond donors (Lipinski definition) is 0. The summed E-state index contributed by atoms with van der Waals surface area (Å²) in [6, 6.07) is 54.9. The maximum absolute atomic E-state index is 2.39. The van der Waals surface area contributed by atoms with Gasteiger partial charge in [-0.15, -0.1) is 11.3 Å². The molecule has 1 heterocycles. The van der Waals surface area contributed by atoms with Crippen molar-refractivity contribution in [3.63, 3.8) is 0 Å². The van der Waals surface area contributed by atoms with Crippen LogP contribution in [0.5, 0.6) is 0 Å². The van der Waals surface area contributed by atoms with Crippen LogP contribution in [0.1, 0.15) is 0 Å². The molecular weight excluding hydrogens is 502 g/mol. The number of benzene rings is 7. The zero-order valence-corrected chi connectivity index (χ0v) is 22.6. The lowest BCUT2D eigenvalue weighted by molar-refractivity contribution is 1.28. The molecule has 0 radical (unpaired) electrons. The summed E-state index contributed by atoms with van der Waals surface area (Å²) in [5.41, 5.74) is 5.91. The molecule has 2 heteroatoms. The van der Waals surface area contributed by atoms with Crippen molar-refractivity contribution in [2.75, 3.05) is 4.90 Å². The van der Waals surface area contributed by atoms with Gasteiger partial charge in [0.15, 0.2) is 0 Å². The Morgan fingerprint density at radius 3 is 1.65 bits per heavy atom. The average Bonchev–Trinajstić information content (AvgIpc) is 3.39. The number of thiophene rings is 1. The maximum atomic E-state index is 2.39. The van der Waals surface area contributed by atoms with Gasteiger partial charge in [0.1, 0.15) is 0 Å². The molecule has 40 heavy (non-hydrogen) atoms. The zero-order valence-electron chi connectivity index (χ0n) is 21.8. The summed E-state index contributed by atoms with van der Waals surface area (Å²) in [5.74, 6) is 0. The van der Waals surface area contributed by atoms with Gasteiger partial charge in [0.25, 0.3) is 0 Å². The van der Waals surface area contributed by atoms with Gasteiger partial charge in [0.2, 0.25) is 0 Å². The van der Waals surface area contributed by atoms with E-state index in [0.29, 0.717) is 0 Å². The van der Waals surface area contributed by atoms with Crippen molar-refractivity contribution in [2.45, 2.75) is 0 Å². The normalized spacial score (nSPS) is 11.5. The SMILES string of the molecule is c1ccc(N(c2ccccc2)c2ccc(-c3cc4cc5c(cc4c4ccccc34)sc3ccccc35)cc2)cc1. The van der Waals surface area contributed by atoms with Crippen LogP contribution in [0, 0.1) is 0 Å². The molecule has 0 amide bonds. The Balaban J connectivity index is 1.30. The minimum atomic E-state index is 1.14. The number of fused-ring (bicyclic) bond motifs is 6. The molecule has 0 saturated heterocycles. The third-order valence-corrected chi connectivity index (χ3v) is 8.96. The van der Waals surface area contributed by atoms with Gasteiger partial charge < -0.3 is 4.90 Å². The predicted octanol–water partition coefficient (Wildman–Crippen LogP) is 11.5. The molecule has 1 nitrogen and oxygen atoms in total. The first kappa shape index (κ1) is 23.0. The van der Waals surface area contributed by atoms with E-state index in [-0.39, 0.29) is 0 Å². The van der Waals surface area contributed by atoms with Gasteiger partial charge in [-0.05, 0) is 93.3 Å². The lowest BCUT2D eigenvalue weighted by atomic mass is 9.92. The molecule has 1 aromatic heterocycles. The predicted molar refractivity (Wildman–Crippen MR) is 174 cm³/mol. The fraction of sp³-hybridized carbons (Fsp3) is 0. The second-order valence-corrected chi connectivity index (χ2v) is 11.3. The van der Waals surface area contributed by atoms with Crippen LogP contribution in [0.4, 0.5) is 17.1 Å². The second-order valence-electron chi connectivity index (χ2n) is 10.2. The van der Waals surface area contributed by atoms with Gasteiger partial charge in [-0.1, -0.05) is 91.0 Å². The number of rotatable bonds is 4. The topological polar surface area (TPSA) is 3.24 Å². The molecule has 0 aliphatic carbocycles.